The molecule has 1 aromatic carbocycles. The first-order valence-electron chi connectivity index (χ1n) is 10.7. The van der Waals surface area contributed by atoms with E-state index in [9.17, 15) is 15.3 Å². The van der Waals surface area contributed by atoms with E-state index in [2.05, 4.69) is 16.9 Å². The summed E-state index contributed by atoms with van der Waals surface area (Å²) in [5.41, 5.74) is 4.85. The van der Waals surface area contributed by atoms with Crippen LogP contribution in [-0.4, -0.2) is 48.2 Å². The van der Waals surface area contributed by atoms with E-state index in [1.54, 1.807) is 10.8 Å². The van der Waals surface area contributed by atoms with Crippen molar-refractivity contribution in [2.24, 2.45) is 0 Å². The van der Waals surface area contributed by atoms with Crippen molar-refractivity contribution in [1.82, 2.24) is 14.5 Å². The number of fused-ring (bicyclic) bond motifs is 2. The van der Waals surface area contributed by atoms with Gasteiger partial charge in [0.25, 0.3) is 0 Å². The van der Waals surface area contributed by atoms with Crippen molar-refractivity contribution in [2.45, 2.75) is 69.7 Å². The number of aliphatic hydroxyl groups excluding tert-OH is 3. The Morgan fingerprint density at radius 3 is 2.70 bits per heavy atom. The van der Waals surface area contributed by atoms with Gasteiger partial charge in [-0.2, -0.15) is 0 Å². The lowest BCUT2D eigenvalue weighted by Crippen LogP contribution is -2.35. The highest BCUT2D eigenvalue weighted by Crippen LogP contribution is 2.38. The zero-order valence-electron chi connectivity index (χ0n) is 17.0. The highest BCUT2D eigenvalue weighted by atomic mass is 16.6. The van der Waals surface area contributed by atoms with Crippen LogP contribution in [0.4, 0.5) is 0 Å². The van der Waals surface area contributed by atoms with Crippen LogP contribution >= 0.6 is 0 Å². The van der Waals surface area contributed by atoms with E-state index in [0.29, 0.717) is 11.2 Å². The van der Waals surface area contributed by atoms with Crippen LogP contribution in [-0.2, 0) is 24.0 Å². The Morgan fingerprint density at radius 1 is 1.13 bits per heavy atom. The fourth-order valence-corrected chi connectivity index (χ4v) is 4.54. The number of aromatic nitrogens is 3. The Balaban J connectivity index is 1.42. The van der Waals surface area contributed by atoms with Gasteiger partial charge in [0.15, 0.2) is 6.23 Å². The van der Waals surface area contributed by atoms with Crippen LogP contribution in [0.5, 0.6) is 0 Å². The molecule has 2 aromatic heterocycles. The number of unbranched alkanes of at least 4 members (excludes halogenated alkanes) is 1. The number of nitrogens with zero attached hydrogens (tertiary/aromatic N) is 3. The fourth-order valence-electron chi connectivity index (χ4n) is 4.54. The third kappa shape index (κ3) is 3.13. The lowest BCUT2D eigenvalue weighted by Gasteiger charge is -2.25. The van der Waals surface area contributed by atoms with E-state index in [-0.39, 0.29) is 0 Å². The average molecular weight is 409 g/mol. The summed E-state index contributed by atoms with van der Waals surface area (Å²) in [5, 5.41) is 33.2. The van der Waals surface area contributed by atoms with E-state index >= 15 is 0 Å². The second-order valence-corrected chi connectivity index (χ2v) is 8.33. The van der Waals surface area contributed by atoms with Crippen molar-refractivity contribution in [3.8, 4) is 0 Å². The van der Waals surface area contributed by atoms with Gasteiger partial charge in [-0.05, 0) is 48.4 Å². The first-order valence-corrected chi connectivity index (χ1v) is 10.7. The minimum absolute atomic E-state index is 0.656. The summed E-state index contributed by atoms with van der Waals surface area (Å²) in [6.07, 6.45) is 3.18. The Labute approximate surface area is 175 Å². The Kier molecular flexibility index (Phi) is 5.06. The predicted octanol–water partition coefficient (Wildman–Crippen LogP) is 2.23. The summed E-state index contributed by atoms with van der Waals surface area (Å²) < 4.78 is 7.74. The van der Waals surface area contributed by atoms with Crippen molar-refractivity contribution in [3.63, 3.8) is 0 Å². The molecule has 0 amide bonds. The van der Waals surface area contributed by atoms with E-state index in [0.717, 1.165) is 43.2 Å². The summed E-state index contributed by atoms with van der Waals surface area (Å²) in [5.74, 6) is 0. The molecule has 3 N–H and O–H groups in total. The van der Waals surface area contributed by atoms with Crippen LogP contribution in [0.3, 0.4) is 0 Å². The van der Waals surface area contributed by atoms with E-state index < -0.39 is 30.6 Å². The number of rotatable bonds is 6. The molecule has 5 atom stereocenters. The highest BCUT2D eigenvalue weighted by Gasteiger charge is 2.47. The van der Waals surface area contributed by atoms with Gasteiger partial charge in [0.2, 0.25) is 0 Å². The standard InChI is InChI=1S/C23H27N3O4/c1-2-3-4-17-16-9-10-26(22(16)25-12-24-17)23-20(29)19(28)21(30-23)18(27)15-8-6-13-5-7-14(13)11-15/h6,8-12,18-21,23,27-29H,2-5,7H2,1H3/t18?,19-,20+,21+,23+/m0/s1. The minimum atomic E-state index is -1.21. The molecule has 0 bridgehead atoms. The van der Waals surface area contributed by atoms with Gasteiger partial charge in [-0.3, -0.25) is 0 Å². The van der Waals surface area contributed by atoms with Crippen LogP contribution in [0.1, 0.15) is 54.5 Å². The van der Waals surface area contributed by atoms with Gasteiger partial charge in [-0.25, -0.2) is 9.97 Å². The monoisotopic (exact) mass is 409 g/mol. The highest BCUT2D eigenvalue weighted by molar-refractivity contribution is 5.78. The molecule has 5 rings (SSSR count). The first-order chi connectivity index (χ1) is 14.6. The Hall–Kier alpha value is -2.32. The van der Waals surface area contributed by atoms with Crippen LogP contribution < -0.4 is 0 Å². The van der Waals surface area contributed by atoms with Gasteiger partial charge in [-0.1, -0.05) is 31.5 Å². The molecule has 0 spiro atoms. The molecule has 7 heteroatoms. The molecule has 7 nitrogen and oxygen atoms in total. The lowest BCUT2D eigenvalue weighted by atomic mass is 9.85. The molecule has 1 aliphatic heterocycles. The van der Waals surface area contributed by atoms with Crippen molar-refractivity contribution < 1.29 is 20.1 Å². The summed E-state index contributed by atoms with van der Waals surface area (Å²) in [6.45, 7) is 2.14. The summed E-state index contributed by atoms with van der Waals surface area (Å²) in [4.78, 5) is 8.79. The van der Waals surface area contributed by atoms with Gasteiger partial charge < -0.3 is 24.6 Å². The van der Waals surface area contributed by atoms with Gasteiger partial charge >= 0.3 is 0 Å². The fraction of sp³-hybridized carbons (Fsp3) is 0.478. The summed E-state index contributed by atoms with van der Waals surface area (Å²) >= 11 is 0. The zero-order valence-corrected chi connectivity index (χ0v) is 17.0. The normalized spacial score (nSPS) is 26.5. The van der Waals surface area contributed by atoms with Crippen LogP contribution in [0.25, 0.3) is 11.0 Å². The summed E-state index contributed by atoms with van der Waals surface area (Å²) in [7, 11) is 0. The molecule has 1 aliphatic carbocycles. The van der Waals surface area contributed by atoms with Gasteiger partial charge in [-0.15, -0.1) is 0 Å². The molecule has 2 aliphatic rings. The van der Waals surface area contributed by atoms with Crippen molar-refractivity contribution in [2.75, 3.05) is 0 Å². The Bertz CT molecular complexity index is 1070. The smallest absolute Gasteiger partial charge is 0.164 e. The van der Waals surface area contributed by atoms with Crippen molar-refractivity contribution in [1.29, 1.82) is 0 Å². The third-order valence-corrected chi connectivity index (χ3v) is 6.46. The van der Waals surface area contributed by atoms with Crippen LogP contribution in [0.15, 0.2) is 36.8 Å². The Morgan fingerprint density at radius 2 is 1.97 bits per heavy atom. The van der Waals surface area contributed by atoms with Crippen molar-refractivity contribution >= 4 is 11.0 Å². The first kappa shape index (κ1) is 19.6. The molecule has 30 heavy (non-hydrogen) atoms. The lowest BCUT2D eigenvalue weighted by molar-refractivity contribution is -0.0848. The SMILES string of the molecule is CCCCc1ncnc2c1ccn2[C@@H]1O[C@H](C(O)c2ccc3c(c2)CC3)[C@@H](O)[C@H]1O. The van der Waals surface area contributed by atoms with Crippen LogP contribution in [0, 0.1) is 0 Å². The maximum absolute atomic E-state index is 10.9. The molecule has 1 saturated heterocycles. The van der Waals surface area contributed by atoms with E-state index in [4.69, 9.17) is 4.74 Å². The second-order valence-electron chi connectivity index (χ2n) is 8.33. The molecule has 1 fully saturated rings. The van der Waals surface area contributed by atoms with Gasteiger partial charge in [0.1, 0.15) is 36.4 Å². The molecular formula is C23H27N3O4. The number of hydrogen-bond acceptors (Lipinski definition) is 6. The minimum Gasteiger partial charge on any atom is -0.387 e. The largest absolute Gasteiger partial charge is 0.387 e. The molecule has 0 saturated carbocycles. The molecule has 0 radical (unpaired) electrons. The average Bonchev–Trinajstić information content (AvgIpc) is 3.29. The van der Waals surface area contributed by atoms with Gasteiger partial charge in [0, 0.05) is 11.6 Å². The summed E-state index contributed by atoms with van der Waals surface area (Å²) in [6, 6.07) is 7.78. The zero-order chi connectivity index (χ0) is 20.8. The quantitative estimate of drug-likeness (QED) is 0.577. The van der Waals surface area contributed by atoms with E-state index in [1.807, 2.05) is 24.3 Å². The molecule has 3 heterocycles. The number of aryl methyl sites for hydroxylation is 3. The maximum Gasteiger partial charge on any atom is 0.164 e. The van der Waals surface area contributed by atoms with E-state index in [1.165, 1.54) is 17.5 Å². The number of hydrogen-bond donors (Lipinski definition) is 3. The second kappa shape index (κ2) is 7.74. The van der Waals surface area contributed by atoms with Crippen LogP contribution in [0.2, 0.25) is 0 Å². The molecule has 158 valence electrons. The molecule has 1 unspecified atom stereocenters. The number of aliphatic hydroxyl groups is 3. The molecular weight excluding hydrogens is 382 g/mol. The predicted molar refractivity (Wildman–Crippen MR) is 111 cm³/mol. The van der Waals surface area contributed by atoms with Crippen molar-refractivity contribution in [3.05, 3.63) is 59.2 Å². The number of ether oxygens (including phenoxy) is 1. The number of benzene rings is 1. The topological polar surface area (TPSA) is 101 Å². The maximum atomic E-state index is 10.9. The molecule has 3 aromatic rings. The van der Waals surface area contributed by atoms with Gasteiger partial charge in [0.05, 0.1) is 5.69 Å². The third-order valence-electron chi connectivity index (χ3n) is 6.46.